The summed E-state index contributed by atoms with van der Waals surface area (Å²) < 4.78 is 11.7. The summed E-state index contributed by atoms with van der Waals surface area (Å²) in [7, 11) is 0. The third-order valence-electron chi connectivity index (χ3n) is 8.75. The van der Waals surface area contributed by atoms with E-state index in [-0.39, 0.29) is 47.0 Å². The van der Waals surface area contributed by atoms with Gasteiger partial charge < -0.3 is 25.0 Å². The Morgan fingerprint density at radius 1 is 0.969 bits per heavy atom. The third-order valence-corrected chi connectivity index (χ3v) is 8.75. The predicted molar refractivity (Wildman–Crippen MR) is 117 cm³/mol. The van der Waals surface area contributed by atoms with Gasteiger partial charge in [-0.3, -0.25) is 4.79 Å². The fourth-order valence-electron chi connectivity index (χ4n) is 7.64. The molecule has 8 heteroatoms. The molecule has 2 saturated heterocycles. The van der Waals surface area contributed by atoms with Crippen molar-refractivity contribution >= 4 is 18.1 Å². The molecule has 6 fully saturated rings. The molecule has 5 unspecified atom stereocenters. The lowest BCUT2D eigenvalue weighted by Crippen LogP contribution is -2.59. The van der Waals surface area contributed by atoms with Gasteiger partial charge in [0.1, 0.15) is 11.7 Å². The van der Waals surface area contributed by atoms with Crippen LogP contribution in [0.25, 0.3) is 0 Å². The fraction of sp³-hybridized carbons (Fsp3) is 0.875. The van der Waals surface area contributed by atoms with Crippen LogP contribution in [0.2, 0.25) is 0 Å². The minimum atomic E-state index is -0.542. The van der Waals surface area contributed by atoms with Crippen molar-refractivity contribution in [1.29, 1.82) is 0 Å². The summed E-state index contributed by atoms with van der Waals surface area (Å²) in [5.41, 5.74) is 4.51. The van der Waals surface area contributed by atoms with E-state index < -0.39 is 5.60 Å². The van der Waals surface area contributed by atoms with Crippen LogP contribution in [0.1, 0.15) is 72.1 Å². The highest BCUT2D eigenvalue weighted by molar-refractivity contribution is 5.81. The Hall–Kier alpha value is -1.99. The predicted octanol–water partition coefficient (Wildman–Crippen LogP) is 3.28. The van der Waals surface area contributed by atoms with Crippen LogP contribution in [0.5, 0.6) is 0 Å². The zero-order valence-electron chi connectivity index (χ0n) is 19.6. The molecule has 2 N–H and O–H groups in total. The van der Waals surface area contributed by atoms with Crippen molar-refractivity contribution in [3.8, 4) is 0 Å². The second-order valence-electron chi connectivity index (χ2n) is 12.1. The molecule has 1 spiro atoms. The van der Waals surface area contributed by atoms with Gasteiger partial charge in [0.25, 0.3) is 0 Å². The van der Waals surface area contributed by atoms with Crippen molar-refractivity contribution in [3.05, 3.63) is 0 Å². The van der Waals surface area contributed by atoms with Crippen molar-refractivity contribution in [2.75, 3.05) is 19.6 Å². The summed E-state index contributed by atoms with van der Waals surface area (Å²) in [6.45, 7) is 7.38. The molecule has 8 nitrogen and oxygen atoms in total. The van der Waals surface area contributed by atoms with Crippen molar-refractivity contribution in [1.82, 2.24) is 9.80 Å². The number of carbonyl (C=O) groups is 3. The Bertz CT molecular complexity index is 807. The largest absolute Gasteiger partial charge is 0.446 e. The molecular weight excluding hydrogens is 410 g/mol. The summed E-state index contributed by atoms with van der Waals surface area (Å²) in [4.78, 5) is 41.8. The van der Waals surface area contributed by atoms with E-state index in [0.29, 0.717) is 25.6 Å². The lowest BCUT2D eigenvalue weighted by molar-refractivity contribution is -0.161. The van der Waals surface area contributed by atoms with E-state index in [2.05, 4.69) is 0 Å². The molecule has 6 aliphatic rings. The maximum atomic E-state index is 13.2. The van der Waals surface area contributed by atoms with E-state index in [4.69, 9.17) is 15.2 Å². The standard InChI is InChI=1S/C24H37N3O5/c1-22(2,3)32-21(30)27-7-4-5-24(27)6-8-26(14-24)20(29)31-18-16-9-15-10-17(18)13-23(11-15,12-16)19(25)28/h15-18H,4-14H2,1-3H3,(H2,25,28)/t15?,16-,17?,18?,23?,24?/m1/s1. The molecule has 6 rings (SSSR count). The smallest absolute Gasteiger partial charge is 0.410 e. The molecule has 178 valence electrons. The molecule has 4 saturated carbocycles. The maximum Gasteiger partial charge on any atom is 0.410 e. The lowest BCUT2D eigenvalue weighted by Gasteiger charge is -2.58. The first-order valence-corrected chi connectivity index (χ1v) is 12.3. The Morgan fingerprint density at radius 2 is 1.66 bits per heavy atom. The van der Waals surface area contributed by atoms with Crippen LogP contribution in [-0.2, 0) is 14.3 Å². The minimum Gasteiger partial charge on any atom is -0.446 e. The van der Waals surface area contributed by atoms with Crippen LogP contribution in [-0.4, -0.2) is 64.8 Å². The molecule has 0 aromatic carbocycles. The van der Waals surface area contributed by atoms with Crippen LogP contribution < -0.4 is 5.73 Å². The first kappa shape index (κ1) is 21.8. The first-order chi connectivity index (χ1) is 15.0. The highest BCUT2D eigenvalue weighted by atomic mass is 16.6. The third kappa shape index (κ3) is 3.54. The molecule has 0 aromatic heterocycles. The molecular formula is C24H37N3O5. The summed E-state index contributed by atoms with van der Waals surface area (Å²) in [6, 6.07) is 0. The Balaban J connectivity index is 1.23. The highest BCUT2D eigenvalue weighted by Crippen LogP contribution is 2.60. The van der Waals surface area contributed by atoms with Gasteiger partial charge in [0.2, 0.25) is 5.91 Å². The van der Waals surface area contributed by atoms with Crippen LogP contribution >= 0.6 is 0 Å². The van der Waals surface area contributed by atoms with Gasteiger partial charge in [-0.05, 0) is 89.9 Å². The monoisotopic (exact) mass is 447 g/mol. The number of carbonyl (C=O) groups excluding carboxylic acids is 3. The lowest BCUT2D eigenvalue weighted by atomic mass is 9.48. The van der Waals surface area contributed by atoms with Crippen molar-refractivity contribution in [2.45, 2.75) is 89.4 Å². The number of hydrogen-bond acceptors (Lipinski definition) is 5. The van der Waals surface area contributed by atoms with E-state index in [1.807, 2.05) is 25.7 Å². The number of rotatable bonds is 2. The maximum absolute atomic E-state index is 13.2. The number of amides is 3. The van der Waals surface area contributed by atoms with Gasteiger partial charge in [0.05, 0.1) is 11.0 Å². The summed E-state index contributed by atoms with van der Waals surface area (Å²) in [5.74, 6) is 0.829. The van der Waals surface area contributed by atoms with E-state index >= 15 is 0 Å². The van der Waals surface area contributed by atoms with Crippen LogP contribution in [0.3, 0.4) is 0 Å². The molecule has 4 aliphatic carbocycles. The van der Waals surface area contributed by atoms with Gasteiger partial charge in [-0.25, -0.2) is 9.59 Å². The topological polar surface area (TPSA) is 102 Å². The van der Waals surface area contributed by atoms with Gasteiger partial charge in [0, 0.05) is 19.6 Å². The fourth-order valence-corrected chi connectivity index (χ4v) is 7.64. The van der Waals surface area contributed by atoms with E-state index in [1.165, 1.54) is 0 Å². The van der Waals surface area contributed by atoms with E-state index in [1.54, 1.807) is 4.90 Å². The summed E-state index contributed by atoms with van der Waals surface area (Å²) in [6.07, 6.45) is 6.35. The number of ether oxygens (including phenoxy) is 2. The summed E-state index contributed by atoms with van der Waals surface area (Å²) >= 11 is 0. The second-order valence-corrected chi connectivity index (χ2v) is 12.1. The number of likely N-dealkylation sites (tertiary alicyclic amines) is 2. The van der Waals surface area contributed by atoms with Gasteiger partial charge >= 0.3 is 12.2 Å². The van der Waals surface area contributed by atoms with Crippen molar-refractivity contribution in [2.24, 2.45) is 28.9 Å². The van der Waals surface area contributed by atoms with Crippen molar-refractivity contribution in [3.63, 3.8) is 0 Å². The first-order valence-electron chi connectivity index (χ1n) is 12.3. The van der Waals surface area contributed by atoms with E-state index in [0.717, 1.165) is 51.4 Å². The zero-order chi connectivity index (χ0) is 22.9. The van der Waals surface area contributed by atoms with Gasteiger partial charge in [-0.15, -0.1) is 0 Å². The molecule has 2 aliphatic heterocycles. The van der Waals surface area contributed by atoms with Crippen LogP contribution in [0.4, 0.5) is 9.59 Å². The van der Waals surface area contributed by atoms with Crippen LogP contribution in [0, 0.1) is 23.2 Å². The molecule has 3 amide bonds. The van der Waals surface area contributed by atoms with E-state index in [9.17, 15) is 14.4 Å². The second kappa shape index (κ2) is 7.26. The molecule has 32 heavy (non-hydrogen) atoms. The zero-order valence-corrected chi connectivity index (χ0v) is 19.6. The SMILES string of the molecule is CC(C)(C)OC(=O)N1CCCC12CCN(C(=O)OC1C3CC4C[C@@H]1CC(C(N)=O)(C4)C3)C2. The normalized spacial score (nSPS) is 40.2. The molecule has 6 atom stereocenters. The minimum absolute atomic E-state index is 0.117. The quantitative estimate of drug-likeness (QED) is 0.700. The van der Waals surface area contributed by atoms with Gasteiger partial charge in [0.15, 0.2) is 0 Å². The Morgan fingerprint density at radius 3 is 2.28 bits per heavy atom. The Kier molecular flexibility index (Phi) is 4.95. The summed E-state index contributed by atoms with van der Waals surface area (Å²) in [5, 5.41) is 0. The molecule has 4 bridgehead atoms. The van der Waals surface area contributed by atoms with Gasteiger partial charge in [-0.2, -0.15) is 0 Å². The number of nitrogens with zero attached hydrogens (tertiary/aromatic N) is 2. The van der Waals surface area contributed by atoms with Gasteiger partial charge in [-0.1, -0.05) is 0 Å². The highest BCUT2D eigenvalue weighted by Gasteiger charge is 2.59. The Labute approximate surface area is 190 Å². The number of nitrogens with two attached hydrogens (primary N) is 1. The molecule has 0 aromatic rings. The molecule has 0 radical (unpaired) electrons. The molecule has 2 heterocycles. The van der Waals surface area contributed by atoms with Crippen molar-refractivity contribution < 1.29 is 23.9 Å². The van der Waals surface area contributed by atoms with Crippen LogP contribution in [0.15, 0.2) is 0 Å². The number of hydrogen-bond donors (Lipinski definition) is 1. The average Bonchev–Trinajstić information content (AvgIpc) is 3.30. The average molecular weight is 448 g/mol. The number of primary amides is 1.